The maximum Gasteiger partial charge on any atom is 0.191 e. The normalized spacial score (nSPS) is 11.5. The van der Waals surface area contributed by atoms with Crippen molar-refractivity contribution < 1.29 is 4.42 Å². The minimum Gasteiger partial charge on any atom is -0.459 e. The third kappa shape index (κ3) is 3.61. The van der Waals surface area contributed by atoms with E-state index in [2.05, 4.69) is 22.2 Å². The molecule has 100 valence electrons. The Hall–Kier alpha value is -2.23. The van der Waals surface area contributed by atoms with Crippen molar-refractivity contribution in [2.24, 2.45) is 4.99 Å². The minimum absolute atomic E-state index is 0.515. The van der Waals surface area contributed by atoms with Crippen molar-refractivity contribution in [2.75, 3.05) is 13.1 Å². The highest BCUT2D eigenvalue weighted by Crippen LogP contribution is 2.19. The average molecular weight is 257 g/mol. The van der Waals surface area contributed by atoms with Crippen LogP contribution in [0.4, 0.5) is 0 Å². The summed E-state index contributed by atoms with van der Waals surface area (Å²) in [5.74, 6) is 1.62. The Balaban J connectivity index is 2.07. The van der Waals surface area contributed by atoms with Crippen molar-refractivity contribution in [3.8, 4) is 0 Å². The molecule has 1 aromatic heterocycles. The zero-order chi connectivity index (χ0) is 13.5. The van der Waals surface area contributed by atoms with E-state index >= 15 is 0 Å². The van der Waals surface area contributed by atoms with E-state index in [4.69, 9.17) is 4.42 Å². The van der Waals surface area contributed by atoms with Crippen LogP contribution in [0.15, 0.2) is 52.4 Å². The summed E-state index contributed by atoms with van der Waals surface area (Å²) in [6.07, 6.45) is 1.80. The lowest BCUT2D eigenvalue weighted by molar-refractivity contribution is 0.552. The molecule has 0 amide bonds. The average Bonchev–Trinajstić information content (AvgIpc) is 2.84. The third-order valence-corrected chi connectivity index (χ3v) is 2.63. The Morgan fingerprint density at radius 3 is 2.95 bits per heavy atom. The second-order valence-corrected chi connectivity index (χ2v) is 4.12. The van der Waals surface area contributed by atoms with Crippen LogP contribution in [-0.2, 0) is 6.54 Å². The van der Waals surface area contributed by atoms with Gasteiger partial charge in [-0.15, -0.1) is 6.58 Å². The van der Waals surface area contributed by atoms with Gasteiger partial charge in [-0.3, -0.25) is 0 Å². The van der Waals surface area contributed by atoms with Gasteiger partial charge in [-0.1, -0.05) is 24.3 Å². The molecule has 19 heavy (non-hydrogen) atoms. The maximum absolute atomic E-state index is 5.72. The first-order chi connectivity index (χ1) is 9.33. The quantitative estimate of drug-likeness (QED) is 0.492. The number of fused-ring (bicyclic) bond motifs is 1. The largest absolute Gasteiger partial charge is 0.459 e. The number of guanidine groups is 1. The molecule has 4 heteroatoms. The lowest BCUT2D eigenvalue weighted by atomic mass is 10.2. The Bertz CT molecular complexity index is 539. The van der Waals surface area contributed by atoms with E-state index in [1.54, 1.807) is 6.08 Å². The third-order valence-electron chi connectivity index (χ3n) is 2.63. The molecule has 0 fully saturated rings. The van der Waals surface area contributed by atoms with Crippen LogP contribution in [0, 0.1) is 0 Å². The molecule has 2 N–H and O–H groups in total. The highest BCUT2D eigenvalue weighted by Gasteiger charge is 2.02. The molecular weight excluding hydrogens is 238 g/mol. The summed E-state index contributed by atoms with van der Waals surface area (Å²) in [6, 6.07) is 9.99. The van der Waals surface area contributed by atoms with E-state index in [0.29, 0.717) is 13.1 Å². The molecule has 0 saturated carbocycles. The van der Waals surface area contributed by atoms with Gasteiger partial charge >= 0.3 is 0 Å². The Labute approximate surface area is 113 Å². The van der Waals surface area contributed by atoms with E-state index in [-0.39, 0.29) is 0 Å². The lowest BCUT2D eigenvalue weighted by Gasteiger charge is -2.08. The summed E-state index contributed by atoms with van der Waals surface area (Å²) < 4.78 is 5.72. The summed E-state index contributed by atoms with van der Waals surface area (Å²) in [4.78, 5) is 4.47. The van der Waals surface area contributed by atoms with Gasteiger partial charge in [0, 0.05) is 18.5 Å². The van der Waals surface area contributed by atoms with Crippen LogP contribution < -0.4 is 10.6 Å². The van der Waals surface area contributed by atoms with Gasteiger partial charge in [-0.25, -0.2) is 4.99 Å². The number of aliphatic imine (C=N–C) groups is 1. The van der Waals surface area contributed by atoms with Crippen LogP contribution in [0.2, 0.25) is 0 Å². The van der Waals surface area contributed by atoms with Gasteiger partial charge in [-0.2, -0.15) is 0 Å². The molecule has 2 rings (SSSR count). The minimum atomic E-state index is 0.515. The summed E-state index contributed by atoms with van der Waals surface area (Å²) in [5, 5.41) is 7.43. The molecule has 0 radical (unpaired) electrons. The molecule has 4 nitrogen and oxygen atoms in total. The summed E-state index contributed by atoms with van der Waals surface area (Å²) in [5.41, 5.74) is 0.900. The van der Waals surface area contributed by atoms with Crippen molar-refractivity contribution in [2.45, 2.75) is 13.5 Å². The van der Waals surface area contributed by atoms with Gasteiger partial charge in [0.2, 0.25) is 0 Å². The SMILES string of the molecule is C=CCNC(=NCc1cc2ccccc2o1)NCC. The predicted octanol–water partition coefficient (Wildman–Crippen LogP) is 2.67. The molecule has 0 atom stereocenters. The van der Waals surface area contributed by atoms with Crippen LogP contribution in [0.25, 0.3) is 11.0 Å². The highest BCUT2D eigenvalue weighted by atomic mass is 16.3. The van der Waals surface area contributed by atoms with E-state index in [1.807, 2.05) is 37.3 Å². The number of hydrogen-bond acceptors (Lipinski definition) is 2. The molecule has 0 aliphatic heterocycles. The summed E-state index contributed by atoms with van der Waals surface area (Å²) in [6.45, 7) is 7.73. The monoisotopic (exact) mass is 257 g/mol. The lowest BCUT2D eigenvalue weighted by Crippen LogP contribution is -2.37. The fourth-order valence-electron chi connectivity index (χ4n) is 1.78. The smallest absolute Gasteiger partial charge is 0.191 e. The molecule has 0 aliphatic rings. The molecule has 0 aliphatic carbocycles. The van der Waals surface area contributed by atoms with E-state index in [1.165, 1.54) is 0 Å². The van der Waals surface area contributed by atoms with Gasteiger partial charge in [0.1, 0.15) is 17.9 Å². The van der Waals surface area contributed by atoms with Crippen LogP contribution in [-0.4, -0.2) is 19.0 Å². The number of nitrogens with zero attached hydrogens (tertiary/aromatic N) is 1. The second kappa shape index (κ2) is 6.64. The molecule has 0 bridgehead atoms. The molecule has 1 heterocycles. The van der Waals surface area contributed by atoms with Gasteiger partial charge < -0.3 is 15.1 Å². The van der Waals surface area contributed by atoms with E-state index in [0.717, 1.165) is 29.2 Å². The number of benzene rings is 1. The van der Waals surface area contributed by atoms with Crippen molar-refractivity contribution >= 4 is 16.9 Å². The molecule has 0 spiro atoms. The molecule has 2 aromatic rings. The van der Waals surface area contributed by atoms with Crippen molar-refractivity contribution in [1.82, 2.24) is 10.6 Å². The van der Waals surface area contributed by atoms with Crippen molar-refractivity contribution in [1.29, 1.82) is 0 Å². The van der Waals surface area contributed by atoms with Crippen LogP contribution >= 0.6 is 0 Å². The highest BCUT2D eigenvalue weighted by molar-refractivity contribution is 5.80. The van der Waals surface area contributed by atoms with Crippen LogP contribution in [0.3, 0.4) is 0 Å². The standard InChI is InChI=1S/C15H19N3O/c1-3-9-17-15(16-4-2)18-11-13-10-12-7-5-6-8-14(12)19-13/h3,5-8,10H,1,4,9,11H2,2H3,(H2,16,17,18). The Morgan fingerprint density at radius 2 is 2.21 bits per heavy atom. The first-order valence-electron chi connectivity index (χ1n) is 6.44. The van der Waals surface area contributed by atoms with Crippen LogP contribution in [0.1, 0.15) is 12.7 Å². The zero-order valence-corrected chi connectivity index (χ0v) is 11.1. The van der Waals surface area contributed by atoms with Gasteiger partial charge in [-0.05, 0) is 19.1 Å². The fourth-order valence-corrected chi connectivity index (χ4v) is 1.78. The maximum atomic E-state index is 5.72. The first-order valence-corrected chi connectivity index (χ1v) is 6.44. The zero-order valence-electron chi connectivity index (χ0n) is 11.1. The number of hydrogen-bond donors (Lipinski definition) is 2. The number of para-hydroxylation sites is 1. The summed E-state index contributed by atoms with van der Waals surface area (Å²) >= 11 is 0. The number of furan rings is 1. The van der Waals surface area contributed by atoms with E-state index < -0.39 is 0 Å². The predicted molar refractivity (Wildman–Crippen MR) is 79.2 cm³/mol. The second-order valence-electron chi connectivity index (χ2n) is 4.12. The van der Waals surface area contributed by atoms with Gasteiger partial charge in [0.05, 0.1) is 0 Å². The molecule has 0 unspecified atom stereocenters. The first kappa shape index (κ1) is 13.2. The number of nitrogens with one attached hydrogen (secondary N) is 2. The molecule has 0 saturated heterocycles. The van der Waals surface area contributed by atoms with Crippen LogP contribution in [0.5, 0.6) is 0 Å². The Morgan fingerprint density at radius 1 is 1.37 bits per heavy atom. The van der Waals surface area contributed by atoms with Gasteiger partial charge in [0.25, 0.3) is 0 Å². The van der Waals surface area contributed by atoms with Crippen molar-refractivity contribution in [3.63, 3.8) is 0 Å². The fraction of sp³-hybridized carbons (Fsp3) is 0.267. The topological polar surface area (TPSA) is 49.6 Å². The van der Waals surface area contributed by atoms with Crippen molar-refractivity contribution in [3.05, 3.63) is 48.7 Å². The summed E-state index contributed by atoms with van der Waals surface area (Å²) in [7, 11) is 0. The molecule has 1 aromatic carbocycles. The number of rotatable bonds is 5. The van der Waals surface area contributed by atoms with Gasteiger partial charge in [0.15, 0.2) is 5.96 Å². The molecular formula is C15H19N3O. The van der Waals surface area contributed by atoms with E-state index in [9.17, 15) is 0 Å². The Kier molecular flexibility index (Phi) is 4.61.